The van der Waals surface area contributed by atoms with Crippen LogP contribution in [-0.2, 0) is 14.4 Å². The van der Waals surface area contributed by atoms with E-state index in [2.05, 4.69) is 0 Å². The van der Waals surface area contributed by atoms with Crippen molar-refractivity contribution >= 4 is 17.9 Å². The van der Waals surface area contributed by atoms with Gasteiger partial charge in [-0.25, -0.2) is 0 Å². The largest absolute Gasteiger partial charge is 0.381 e. The number of aliphatic hydroxyl groups is 1. The van der Waals surface area contributed by atoms with E-state index in [0.29, 0.717) is 19.1 Å². The molecule has 1 saturated carbocycles. The predicted molar refractivity (Wildman–Crippen MR) is 69.4 cm³/mol. The lowest BCUT2D eigenvalue weighted by atomic mass is 9.55. The van der Waals surface area contributed by atoms with E-state index in [0.717, 1.165) is 5.57 Å². The number of hydrogen-bond donors (Lipinski definition) is 1. The second-order valence-corrected chi connectivity index (χ2v) is 6.17. The highest BCUT2D eigenvalue weighted by Crippen LogP contribution is 2.52. The van der Waals surface area contributed by atoms with E-state index < -0.39 is 22.7 Å². The van der Waals surface area contributed by atoms with E-state index in [1.165, 1.54) is 6.08 Å². The summed E-state index contributed by atoms with van der Waals surface area (Å²) in [6, 6.07) is 0. The Kier molecular flexibility index (Phi) is 3.25. The zero-order chi connectivity index (χ0) is 14.4. The van der Waals surface area contributed by atoms with E-state index >= 15 is 0 Å². The molecule has 0 spiro atoms. The molecule has 0 saturated heterocycles. The minimum absolute atomic E-state index is 0.150. The number of Topliss-reactive ketones (excluding diaryl/α,β-unsaturated/α-hetero) is 1. The lowest BCUT2D eigenvalue weighted by Gasteiger charge is -2.49. The highest BCUT2D eigenvalue weighted by atomic mass is 16.3. The normalized spacial score (nSPS) is 40.4. The average Bonchev–Trinajstić information content (AvgIpc) is 2.37. The van der Waals surface area contributed by atoms with Crippen molar-refractivity contribution in [3.05, 3.63) is 11.6 Å². The van der Waals surface area contributed by atoms with Gasteiger partial charge >= 0.3 is 0 Å². The molecule has 104 valence electrons. The van der Waals surface area contributed by atoms with Crippen molar-refractivity contribution in [3.8, 4) is 0 Å². The van der Waals surface area contributed by atoms with Gasteiger partial charge < -0.3 is 9.90 Å². The Balaban J connectivity index is 2.49. The maximum Gasteiger partial charge on any atom is 0.187 e. The van der Waals surface area contributed by atoms with Crippen LogP contribution in [0, 0.1) is 17.3 Å². The van der Waals surface area contributed by atoms with E-state index in [4.69, 9.17) is 0 Å². The first-order valence-corrected chi connectivity index (χ1v) is 6.71. The molecule has 0 aromatic carbocycles. The molecule has 0 heterocycles. The van der Waals surface area contributed by atoms with Crippen molar-refractivity contribution in [2.24, 2.45) is 17.3 Å². The van der Waals surface area contributed by atoms with Crippen molar-refractivity contribution in [1.82, 2.24) is 0 Å². The predicted octanol–water partition coefficient (Wildman–Crippen LogP) is 1.46. The van der Waals surface area contributed by atoms with Crippen LogP contribution in [0.15, 0.2) is 11.6 Å². The second-order valence-electron chi connectivity index (χ2n) is 6.17. The summed E-state index contributed by atoms with van der Waals surface area (Å²) in [5, 5.41) is 10.6. The van der Waals surface area contributed by atoms with Gasteiger partial charge in [0, 0.05) is 23.7 Å². The standard InChI is InChI=1S/C15H20O4/c1-9(7-16)15(19)8-14(3)10(2)12(17)5-4-11(14)6-13(15)18/h6-7,9-10,19H,4-5,8H2,1-3H3/t9-,10+,14-,15-/m1/s1. The van der Waals surface area contributed by atoms with Crippen LogP contribution in [0.3, 0.4) is 0 Å². The molecule has 2 aliphatic carbocycles. The summed E-state index contributed by atoms with van der Waals surface area (Å²) in [5.41, 5.74) is -1.26. The molecule has 0 aliphatic heterocycles. The maximum atomic E-state index is 12.1. The van der Waals surface area contributed by atoms with Crippen LogP contribution in [0.1, 0.15) is 40.0 Å². The third-order valence-corrected chi connectivity index (χ3v) is 5.14. The van der Waals surface area contributed by atoms with Gasteiger partial charge in [0.1, 0.15) is 17.7 Å². The Hall–Kier alpha value is -1.29. The number of carbonyl (C=O) groups excluding carboxylic acids is 3. The number of fused-ring (bicyclic) bond motifs is 1. The fourth-order valence-corrected chi connectivity index (χ4v) is 3.33. The summed E-state index contributed by atoms with van der Waals surface area (Å²) in [5.74, 6) is -1.24. The summed E-state index contributed by atoms with van der Waals surface area (Å²) in [7, 11) is 0. The Bertz CT molecular complexity index is 479. The Morgan fingerprint density at radius 3 is 2.63 bits per heavy atom. The van der Waals surface area contributed by atoms with Crippen molar-refractivity contribution in [1.29, 1.82) is 0 Å². The Morgan fingerprint density at radius 2 is 2.05 bits per heavy atom. The molecule has 0 aromatic heterocycles. The smallest absolute Gasteiger partial charge is 0.187 e. The van der Waals surface area contributed by atoms with Gasteiger partial charge in [-0.2, -0.15) is 0 Å². The highest BCUT2D eigenvalue weighted by molar-refractivity contribution is 6.01. The van der Waals surface area contributed by atoms with Crippen molar-refractivity contribution in [3.63, 3.8) is 0 Å². The molecular weight excluding hydrogens is 244 g/mol. The summed E-state index contributed by atoms with van der Waals surface area (Å²) >= 11 is 0. The quantitative estimate of drug-likeness (QED) is 0.766. The minimum atomic E-state index is -1.67. The molecule has 2 rings (SSSR count). The van der Waals surface area contributed by atoms with Gasteiger partial charge in [-0.05, 0) is 18.9 Å². The van der Waals surface area contributed by atoms with Crippen molar-refractivity contribution in [2.45, 2.75) is 45.6 Å². The minimum Gasteiger partial charge on any atom is -0.381 e. The van der Waals surface area contributed by atoms with Crippen LogP contribution in [0.4, 0.5) is 0 Å². The molecule has 0 bridgehead atoms. The van der Waals surface area contributed by atoms with Crippen LogP contribution in [0.25, 0.3) is 0 Å². The lowest BCUT2D eigenvalue weighted by molar-refractivity contribution is -0.151. The van der Waals surface area contributed by atoms with Crippen LogP contribution in [-0.4, -0.2) is 28.6 Å². The van der Waals surface area contributed by atoms with Gasteiger partial charge in [0.25, 0.3) is 0 Å². The summed E-state index contributed by atoms with van der Waals surface area (Å²) in [6.45, 7) is 5.30. The van der Waals surface area contributed by atoms with Crippen LogP contribution < -0.4 is 0 Å². The second kappa shape index (κ2) is 4.37. The van der Waals surface area contributed by atoms with E-state index in [1.807, 2.05) is 13.8 Å². The molecule has 0 amide bonds. The van der Waals surface area contributed by atoms with Gasteiger partial charge in [-0.1, -0.05) is 26.3 Å². The van der Waals surface area contributed by atoms with Gasteiger partial charge in [0.15, 0.2) is 5.78 Å². The highest BCUT2D eigenvalue weighted by Gasteiger charge is 2.54. The molecule has 1 fully saturated rings. The lowest BCUT2D eigenvalue weighted by Crippen LogP contribution is -2.55. The number of ketones is 2. The van der Waals surface area contributed by atoms with Crippen molar-refractivity contribution in [2.75, 3.05) is 0 Å². The summed E-state index contributed by atoms with van der Waals surface area (Å²) in [4.78, 5) is 35.0. The maximum absolute atomic E-state index is 12.1. The number of rotatable bonds is 2. The zero-order valence-electron chi connectivity index (χ0n) is 11.6. The molecule has 19 heavy (non-hydrogen) atoms. The molecule has 4 nitrogen and oxygen atoms in total. The molecule has 0 unspecified atom stereocenters. The topological polar surface area (TPSA) is 71.4 Å². The molecular formula is C15H20O4. The van der Waals surface area contributed by atoms with Crippen LogP contribution in [0.2, 0.25) is 0 Å². The van der Waals surface area contributed by atoms with Gasteiger partial charge in [-0.15, -0.1) is 0 Å². The average molecular weight is 264 g/mol. The van der Waals surface area contributed by atoms with E-state index in [1.54, 1.807) is 6.92 Å². The third-order valence-electron chi connectivity index (χ3n) is 5.14. The monoisotopic (exact) mass is 264 g/mol. The zero-order valence-corrected chi connectivity index (χ0v) is 11.6. The molecule has 0 aromatic rings. The first-order valence-electron chi connectivity index (χ1n) is 6.71. The van der Waals surface area contributed by atoms with Gasteiger partial charge in [0.05, 0.1) is 0 Å². The summed E-state index contributed by atoms with van der Waals surface area (Å²) in [6.07, 6.45) is 3.26. The fourth-order valence-electron chi connectivity index (χ4n) is 3.33. The number of hydrogen-bond acceptors (Lipinski definition) is 4. The van der Waals surface area contributed by atoms with Crippen molar-refractivity contribution < 1.29 is 19.5 Å². The molecule has 4 atom stereocenters. The van der Waals surface area contributed by atoms with Gasteiger partial charge in [-0.3, -0.25) is 9.59 Å². The van der Waals surface area contributed by atoms with Gasteiger partial charge in [0.2, 0.25) is 0 Å². The first-order chi connectivity index (χ1) is 8.75. The fraction of sp³-hybridized carbons (Fsp3) is 0.667. The first kappa shape index (κ1) is 14.1. The van der Waals surface area contributed by atoms with Crippen LogP contribution in [0.5, 0.6) is 0 Å². The van der Waals surface area contributed by atoms with Crippen LogP contribution >= 0.6 is 0 Å². The number of allylic oxidation sites excluding steroid dienone is 1. The Morgan fingerprint density at radius 1 is 1.42 bits per heavy atom. The Labute approximate surface area is 112 Å². The molecule has 1 N–H and O–H groups in total. The molecule has 0 radical (unpaired) electrons. The number of carbonyl (C=O) groups is 3. The van der Waals surface area contributed by atoms with E-state index in [-0.39, 0.29) is 18.1 Å². The SMILES string of the molecule is C[C@H](C=O)[C@]1(O)C[C@@]2(C)C(=CC1=O)CCC(=O)[C@@H]2C. The van der Waals surface area contributed by atoms with E-state index in [9.17, 15) is 19.5 Å². The third kappa shape index (κ3) is 1.89. The molecule has 4 heteroatoms. The number of aldehydes is 1. The molecule has 2 aliphatic rings. The summed E-state index contributed by atoms with van der Waals surface area (Å²) < 4.78 is 0.